The molecule has 5 nitrogen and oxygen atoms in total. The lowest BCUT2D eigenvalue weighted by atomic mass is 9.69. The topological polar surface area (TPSA) is 43.1 Å². The van der Waals surface area contributed by atoms with Crippen molar-refractivity contribution in [3.63, 3.8) is 0 Å². The molecule has 0 radical (unpaired) electrons. The lowest BCUT2D eigenvalue weighted by Crippen LogP contribution is -2.63. The fraction of sp³-hybridized carbons (Fsp3) is 0.800. The zero-order chi connectivity index (χ0) is 17.3. The van der Waals surface area contributed by atoms with E-state index in [2.05, 4.69) is 27.8 Å². The molecule has 3 aliphatic rings. The third-order valence-corrected chi connectivity index (χ3v) is 7.08. The Labute approximate surface area is 151 Å². The second kappa shape index (κ2) is 7.39. The van der Waals surface area contributed by atoms with Crippen LogP contribution in [0, 0.1) is 5.41 Å². The molecule has 4 rings (SSSR count). The molecule has 0 spiro atoms. The van der Waals surface area contributed by atoms with Gasteiger partial charge in [0.2, 0.25) is 0 Å². The monoisotopic (exact) mass is 347 g/mol. The molecule has 0 bridgehead atoms. The molecule has 5 heteroatoms. The van der Waals surface area contributed by atoms with E-state index in [9.17, 15) is 5.11 Å². The quantitative estimate of drug-likeness (QED) is 0.903. The number of nitrogens with zero attached hydrogens (tertiary/aromatic N) is 3. The number of aliphatic hydroxyl groups is 1. The molecule has 0 saturated carbocycles. The molecule has 3 saturated heterocycles. The van der Waals surface area contributed by atoms with Gasteiger partial charge in [-0.25, -0.2) is 0 Å². The van der Waals surface area contributed by atoms with Crippen LogP contribution in [0.2, 0.25) is 0 Å². The Morgan fingerprint density at radius 1 is 1.20 bits per heavy atom. The summed E-state index contributed by atoms with van der Waals surface area (Å²) in [6.45, 7) is 7.10. The molecule has 4 heterocycles. The normalized spacial score (nSPS) is 33.4. The summed E-state index contributed by atoms with van der Waals surface area (Å²) in [7, 11) is 2.25. The molecular weight excluding hydrogens is 314 g/mol. The van der Waals surface area contributed by atoms with Crippen LogP contribution >= 0.6 is 0 Å². The van der Waals surface area contributed by atoms with E-state index < -0.39 is 0 Å². The Hall–Kier alpha value is -0.880. The largest absolute Gasteiger partial charge is 0.468 e. The van der Waals surface area contributed by atoms with Crippen LogP contribution in [-0.4, -0.2) is 78.3 Å². The molecule has 0 aromatic carbocycles. The summed E-state index contributed by atoms with van der Waals surface area (Å²) < 4.78 is 5.49. The zero-order valence-corrected chi connectivity index (χ0v) is 15.6. The number of hydrogen-bond donors (Lipinski definition) is 1. The molecule has 1 aromatic heterocycles. The molecule has 3 fully saturated rings. The van der Waals surface area contributed by atoms with E-state index in [-0.39, 0.29) is 5.41 Å². The maximum absolute atomic E-state index is 10.1. The first-order valence-corrected chi connectivity index (χ1v) is 10.0. The molecule has 2 atom stereocenters. The van der Waals surface area contributed by atoms with Gasteiger partial charge in [0.05, 0.1) is 19.4 Å². The van der Waals surface area contributed by atoms with E-state index in [1.165, 1.54) is 32.2 Å². The highest BCUT2D eigenvalue weighted by atomic mass is 16.3. The van der Waals surface area contributed by atoms with Crippen LogP contribution < -0.4 is 0 Å². The van der Waals surface area contributed by atoms with Crippen molar-refractivity contribution < 1.29 is 9.52 Å². The van der Waals surface area contributed by atoms with Gasteiger partial charge in [0.1, 0.15) is 5.76 Å². The first-order valence-electron chi connectivity index (χ1n) is 10.0. The maximum atomic E-state index is 10.1. The SMILES string of the molecule is CN1CCC[C@]2(CO)CCN(C3CCN(Cc4ccco4)CC3)C[C@@H]12. The van der Waals surface area contributed by atoms with Crippen LogP contribution in [0.25, 0.3) is 0 Å². The number of aliphatic hydroxyl groups excluding tert-OH is 1. The standard InChI is InChI=1S/C20H33N3O2/c1-21-9-3-7-20(16-24)8-12-23(15-19(20)21)17-5-10-22(11-6-17)14-18-4-2-13-25-18/h2,4,13,17,19,24H,3,5-12,14-16H2,1H3/t19-,20-/m1/s1. The van der Waals surface area contributed by atoms with Crippen molar-refractivity contribution >= 4 is 0 Å². The smallest absolute Gasteiger partial charge is 0.117 e. The van der Waals surface area contributed by atoms with Gasteiger partial charge < -0.3 is 14.4 Å². The zero-order valence-electron chi connectivity index (χ0n) is 15.6. The third-order valence-electron chi connectivity index (χ3n) is 7.08. The van der Waals surface area contributed by atoms with Crippen molar-refractivity contribution in [3.8, 4) is 0 Å². The Kier molecular flexibility index (Phi) is 5.18. The Morgan fingerprint density at radius 2 is 2.04 bits per heavy atom. The minimum absolute atomic E-state index is 0.156. The number of rotatable bonds is 4. The predicted octanol–water partition coefficient (Wildman–Crippen LogP) is 2.02. The van der Waals surface area contributed by atoms with E-state index in [1.807, 2.05) is 6.07 Å². The van der Waals surface area contributed by atoms with Crippen molar-refractivity contribution in [3.05, 3.63) is 24.2 Å². The second-order valence-electron chi connectivity index (χ2n) is 8.45. The number of likely N-dealkylation sites (N-methyl/N-ethyl adjacent to an activating group) is 1. The number of furan rings is 1. The lowest BCUT2D eigenvalue weighted by Gasteiger charge is -2.55. The number of hydrogen-bond acceptors (Lipinski definition) is 5. The predicted molar refractivity (Wildman–Crippen MR) is 98.4 cm³/mol. The minimum atomic E-state index is 0.156. The highest BCUT2D eigenvalue weighted by Gasteiger charge is 2.47. The summed E-state index contributed by atoms with van der Waals surface area (Å²) >= 11 is 0. The van der Waals surface area contributed by atoms with E-state index in [4.69, 9.17) is 4.42 Å². The summed E-state index contributed by atoms with van der Waals surface area (Å²) in [4.78, 5) is 7.76. The highest BCUT2D eigenvalue weighted by molar-refractivity contribution is 5.02. The minimum Gasteiger partial charge on any atom is -0.468 e. The van der Waals surface area contributed by atoms with Gasteiger partial charge in [-0.2, -0.15) is 0 Å². The fourth-order valence-electron chi connectivity index (χ4n) is 5.44. The highest BCUT2D eigenvalue weighted by Crippen LogP contribution is 2.42. The van der Waals surface area contributed by atoms with Gasteiger partial charge in [-0.05, 0) is 64.4 Å². The van der Waals surface area contributed by atoms with Crippen LogP contribution in [0.5, 0.6) is 0 Å². The number of likely N-dealkylation sites (tertiary alicyclic amines) is 3. The van der Waals surface area contributed by atoms with Gasteiger partial charge in [-0.15, -0.1) is 0 Å². The molecule has 140 valence electrons. The van der Waals surface area contributed by atoms with Gasteiger partial charge in [0.15, 0.2) is 0 Å². The van der Waals surface area contributed by atoms with Crippen LogP contribution in [0.4, 0.5) is 0 Å². The molecule has 3 aliphatic heterocycles. The molecule has 25 heavy (non-hydrogen) atoms. The van der Waals surface area contributed by atoms with Crippen molar-refractivity contribution in [1.82, 2.24) is 14.7 Å². The number of fused-ring (bicyclic) bond motifs is 1. The van der Waals surface area contributed by atoms with Gasteiger partial charge >= 0.3 is 0 Å². The van der Waals surface area contributed by atoms with Crippen molar-refractivity contribution in [2.75, 3.05) is 46.4 Å². The van der Waals surface area contributed by atoms with Gasteiger partial charge in [-0.3, -0.25) is 9.80 Å². The summed E-state index contributed by atoms with van der Waals surface area (Å²) in [6, 6.07) is 5.29. The summed E-state index contributed by atoms with van der Waals surface area (Å²) in [5, 5.41) is 10.1. The van der Waals surface area contributed by atoms with E-state index in [1.54, 1.807) is 6.26 Å². The van der Waals surface area contributed by atoms with Gasteiger partial charge in [0, 0.05) is 37.1 Å². The Balaban J connectivity index is 1.33. The molecule has 0 amide bonds. The van der Waals surface area contributed by atoms with E-state index >= 15 is 0 Å². The number of piperidine rings is 3. The average Bonchev–Trinajstić information content (AvgIpc) is 3.15. The fourth-order valence-corrected chi connectivity index (χ4v) is 5.44. The van der Waals surface area contributed by atoms with E-state index in [0.717, 1.165) is 44.9 Å². The van der Waals surface area contributed by atoms with Crippen molar-refractivity contribution in [2.24, 2.45) is 5.41 Å². The molecule has 0 unspecified atom stereocenters. The van der Waals surface area contributed by atoms with Crippen LogP contribution in [-0.2, 0) is 6.54 Å². The van der Waals surface area contributed by atoms with Crippen molar-refractivity contribution in [2.45, 2.75) is 50.7 Å². The summed E-state index contributed by atoms with van der Waals surface area (Å²) in [6.07, 6.45) is 7.87. The molecule has 1 N–H and O–H groups in total. The average molecular weight is 348 g/mol. The molecular formula is C20H33N3O2. The molecule has 1 aromatic rings. The summed E-state index contributed by atoms with van der Waals surface area (Å²) in [5.41, 5.74) is 0.156. The second-order valence-corrected chi connectivity index (χ2v) is 8.45. The van der Waals surface area contributed by atoms with Crippen molar-refractivity contribution in [1.29, 1.82) is 0 Å². The van der Waals surface area contributed by atoms with Gasteiger partial charge in [0.25, 0.3) is 0 Å². The summed E-state index contributed by atoms with van der Waals surface area (Å²) in [5.74, 6) is 1.08. The van der Waals surface area contributed by atoms with Gasteiger partial charge in [-0.1, -0.05) is 0 Å². The van der Waals surface area contributed by atoms with Crippen LogP contribution in [0.15, 0.2) is 22.8 Å². The van der Waals surface area contributed by atoms with Crippen LogP contribution in [0.3, 0.4) is 0 Å². The maximum Gasteiger partial charge on any atom is 0.117 e. The third kappa shape index (κ3) is 3.52. The Morgan fingerprint density at radius 3 is 2.76 bits per heavy atom. The lowest BCUT2D eigenvalue weighted by molar-refractivity contribution is -0.0803. The first kappa shape index (κ1) is 17.5. The molecule has 0 aliphatic carbocycles. The van der Waals surface area contributed by atoms with Crippen LogP contribution in [0.1, 0.15) is 37.9 Å². The Bertz CT molecular complexity index is 541. The van der Waals surface area contributed by atoms with E-state index in [0.29, 0.717) is 18.7 Å². The first-order chi connectivity index (χ1) is 12.2.